The molecule has 0 atom stereocenters. The third kappa shape index (κ3) is 6.29. The highest BCUT2D eigenvalue weighted by atomic mass is 35.5. The van der Waals surface area contributed by atoms with Crippen molar-refractivity contribution >= 4 is 11.6 Å². The SMILES string of the molecule is C=C(Cl)COc1ccc(CNC(C)(C)C)nc1. The summed E-state index contributed by atoms with van der Waals surface area (Å²) in [6.07, 6.45) is 1.69. The number of hydrogen-bond donors (Lipinski definition) is 1. The Morgan fingerprint density at radius 3 is 2.65 bits per heavy atom. The smallest absolute Gasteiger partial charge is 0.138 e. The van der Waals surface area contributed by atoms with Gasteiger partial charge in [-0.25, -0.2) is 0 Å². The molecule has 1 heterocycles. The molecule has 0 aromatic carbocycles. The fourth-order valence-corrected chi connectivity index (χ4v) is 1.17. The fraction of sp³-hybridized carbons (Fsp3) is 0.462. The number of ether oxygens (including phenoxy) is 1. The molecule has 17 heavy (non-hydrogen) atoms. The van der Waals surface area contributed by atoms with Gasteiger partial charge in [-0.15, -0.1) is 0 Å². The monoisotopic (exact) mass is 254 g/mol. The summed E-state index contributed by atoms with van der Waals surface area (Å²) in [5.41, 5.74) is 1.07. The zero-order valence-electron chi connectivity index (χ0n) is 10.6. The first-order chi connectivity index (χ1) is 7.87. The molecule has 0 unspecified atom stereocenters. The fourth-order valence-electron chi connectivity index (χ4n) is 1.12. The molecule has 1 N–H and O–H groups in total. The molecule has 0 bridgehead atoms. The summed E-state index contributed by atoms with van der Waals surface area (Å²) in [5, 5.41) is 3.84. The van der Waals surface area contributed by atoms with Crippen molar-refractivity contribution < 1.29 is 4.74 Å². The Labute approximate surface area is 108 Å². The zero-order chi connectivity index (χ0) is 12.9. The lowest BCUT2D eigenvalue weighted by Gasteiger charge is -2.20. The average molecular weight is 255 g/mol. The summed E-state index contributed by atoms with van der Waals surface area (Å²) in [5.74, 6) is 0.700. The van der Waals surface area contributed by atoms with Crippen molar-refractivity contribution in [3.05, 3.63) is 35.6 Å². The van der Waals surface area contributed by atoms with Crippen molar-refractivity contribution in [3.63, 3.8) is 0 Å². The number of nitrogens with zero attached hydrogens (tertiary/aromatic N) is 1. The van der Waals surface area contributed by atoms with Crippen molar-refractivity contribution in [3.8, 4) is 5.75 Å². The van der Waals surface area contributed by atoms with E-state index in [0.29, 0.717) is 17.4 Å². The molecule has 0 fully saturated rings. The van der Waals surface area contributed by atoms with Crippen LogP contribution in [0.15, 0.2) is 29.9 Å². The van der Waals surface area contributed by atoms with E-state index in [1.165, 1.54) is 0 Å². The molecule has 4 heteroatoms. The Kier molecular flexibility index (Phi) is 4.97. The summed E-state index contributed by atoms with van der Waals surface area (Å²) in [6.45, 7) is 11.0. The molecule has 0 aliphatic carbocycles. The van der Waals surface area contributed by atoms with Gasteiger partial charge in [0.15, 0.2) is 0 Å². The van der Waals surface area contributed by atoms with Crippen molar-refractivity contribution in [1.82, 2.24) is 10.3 Å². The number of aromatic nitrogens is 1. The number of rotatable bonds is 5. The van der Waals surface area contributed by atoms with Crippen LogP contribution >= 0.6 is 11.6 Å². The molecule has 0 saturated heterocycles. The first-order valence-corrected chi connectivity index (χ1v) is 5.91. The lowest BCUT2D eigenvalue weighted by atomic mass is 10.1. The van der Waals surface area contributed by atoms with E-state index >= 15 is 0 Å². The number of hydrogen-bond acceptors (Lipinski definition) is 3. The van der Waals surface area contributed by atoms with Crippen LogP contribution in [-0.4, -0.2) is 17.1 Å². The Balaban J connectivity index is 2.47. The van der Waals surface area contributed by atoms with Gasteiger partial charge in [-0.1, -0.05) is 18.2 Å². The Hall–Kier alpha value is -1.06. The van der Waals surface area contributed by atoms with Gasteiger partial charge in [0.05, 0.1) is 11.9 Å². The standard InChI is InChI=1S/C13H19ClN2O/c1-10(14)9-17-12-6-5-11(15-8-12)7-16-13(2,3)4/h5-6,8,16H,1,7,9H2,2-4H3. The maximum absolute atomic E-state index is 5.61. The number of nitrogens with one attached hydrogen (secondary N) is 1. The highest BCUT2D eigenvalue weighted by Gasteiger charge is 2.08. The van der Waals surface area contributed by atoms with Crippen LogP contribution in [0.1, 0.15) is 26.5 Å². The van der Waals surface area contributed by atoms with Crippen molar-refractivity contribution in [2.45, 2.75) is 32.9 Å². The van der Waals surface area contributed by atoms with Gasteiger partial charge in [0, 0.05) is 17.1 Å². The first-order valence-electron chi connectivity index (χ1n) is 5.53. The van der Waals surface area contributed by atoms with Crippen LogP contribution in [0.4, 0.5) is 0 Å². The molecular formula is C13H19ClN2O. The van der Waals surface area contributed by atoms with Crippen molar-refractivity contribution in [2.24, 2.45) is 0 Å². The van der Waals surface area contributed by atoms with Gasteiger partial charge in [-0.2, -0.15) is 0 Å². The Morgan fingerprint density at radius 1 is 1.47 bits per heavy atom. The predicted octanol–water partition coefficient (Wildman–Crippen LogP) is 3.10. The van der Waals surface area contributed by atoms with Crippen LogP contribution in [-0.2, 0) is 6.54 Å². The van der Waals surface area contributed by atoms with E-state index in [9.17, 15) is 0 Å². The van der Waals surface area contributed by atoms with Gasteiger partial charge >= 0.3 is 0 Å². The van der Waals surface area contributed by atoms with Crippen molar-refractivity contribution in [1.29, 1.82) is 0 Å². The first kappa shape index (κ1) is 14.0. The maximum atomic E-state index is 5.61. The van der Waals surface area contributed by atoms with E-state index < -0.39 is 0 Å². The third-order valence-corrected chi connectivity index (χ3v) is 2.10. The topological polar surface area (TPSA) is 34.1 Å². The molecule has 94 valence electrons. The minimum atomic E-state index is 0.0905. The van der Waals surface area contributed by atoms with E-state index in [-0.39, 0.29) is 5.54 Å². The van der Waals surface area contributed by atoms with Crippen LogP contribution in [0.3, 0.4) is 0 Å². The van der Waals surface area contributed by atoms with E-state index in [1.807, 2.05) is 12.1 Å². The van der Waals surface area contributed by atoms with Gasteiger partial charge in [-0.3, -0.25) is 4.98 Å². The third-order valence-electron chi connectivity index (χ3n) is 1.99. The van der Waals surface area contributed by atoms with E-state index in [1.54, 1.807) is 6.20 Å². The lowest BCUT2D eigenvalue weighted by Crippen LogP contribution is -2.35. The van der Waals surface area contributed by atoms with Crippen LogP contribution in [0.5, 0.6) is 5.75 Å². The predicted molar refractivity (Wildman–Crippen MR) is 71.3 cm³/mol. The van der Waals surface area contributed by atoms with Crippen LogP contribution in [0.25, 0.3) is 0 Å². The van der Waals surface area contributed by atoms with E-state index in [2.05, 4.69) is 37.7 Å². The highest BCUT2D eigenvalue weighted by molar-refractivity contribution is 6.29. The van der Waals surface area contributed by atoms with Crippen molar-refractivity contribution in [2.75, 3.05) is 6.61 Å². The van der Waals surface area contributed by atoms with Gasteiger partial charge in [0.25, 0.3) is 0 Å². The Morgan fingerprint density at radius 2 is 2.18 bits per heavy atom. The zero-order valence-corrected chi connectivity index (χ0v) is 11.3. The molecule has 1 aromatic heterocycles. The summed E-state index contributed by atoms with van der Waals surface area (Å²) < 4.78 is 5.35. The minimum absolute atomic E-state index is 0.0905. The van der Waals surface area contributed by atoms with E-state index in [4.69, 9.17) is 16.3 Å². The normalized spacial score (nSPS) is 11.3. The van der Waals surface area contributed by atoms with Crippen LogP contribution in [0.2, 0.25) is 0 Å². The lowest BCUT2D eigenvalue weighted by molar-refractivity contribution is 0.357. The molecule has 0 spiro atoms. The Bertz CT molecular complexity index is 368. The largest absolute Gasteiger partial charge is 0.486 e. The molecule has 1 aromatic rings. The van der Waals surface area contributed by atoms with Gasteiger partial charge < -0.3 is 10.1 Å². The van der Waals surface area contributed by atoms with Gasteiger partial charge in [0.1, 0.15) is 12.4 Å². The summed E-state index contributed by atoms with van der Waals surface area (Å²) in [6, 6.07) is 3.82. The molecule has 0 saturated carbocycles. The molecule has 0 aliphatic rings. The molecular weight excluding hydrogens is 236 g/mol. The maximum Gasteiger partial charge on any atom is 0.138 e. The van der Waals surface area contributed by atoms with Gasteiger partial charge in [-0.05, 0) is 32.9 Å². The summed E-state index contributed by atoms with van der Waals surface area (Å²) in [7, 11) is 0. The second kappa shape index (κ2) is 6.03. The highest BCUT2D eigenvalue weighted by Crippen LogP contribution is 2.11. The molecule has 1 rings (SSSR count). The number of pyridine rings is 1. The number of halogens is 1. The van der Waals surface area contributed by atoms with Crippen LogP contribution < -0.4 is 10.1 Å². The minimum Gasteiger partial charge on any atom is -0.486 e. The summed E-state index contributed by atoms with van der Waals surface area (Å²) >= 11 is 5.61. The summed E-state index contributed by atoms with van der Waals surface area (Å²) in [4.78, 5) is 4.30. The molecule has 0 amide bonds. The van der Waals surface area contributed by atoms with Gasteiger partial charge in [0.2, 0.25) is 0 Å². The quantitative estimate of drug-likeness (QED) is 0.877. The molecule has 0 aliphatic heterocycles. The second-order valence-corrected chi connectivity index (χ2v) is 5.43. The van der Waals surface area contributed by atoms with Crippen LogP contribution in [0, 0.1) is 0 Å². The average Bonchev–Trinajstić information content (AvgIpc) is 2.24. The second-order valence-electron chi connectivity index (χ2n) is 4.89. The van der Waals surface area contributed by atoms with E-state index in [0.717, 1.165) is 12.2 Å². The molecule has 0 radical (unpaired) electrons. The molecule has 3 nitrogen and oxygen atoms in total.